The van der Waals surface area contributed by atoms with Gasteiger partial charge in [0.1, 0.15) is 0 Å². The highest BCUT2D eigenvalue weighted by molar-refractivity contribution is 6.34. The van der Waals surface area contributed by atoms with E-state index in [2.05, 4.69) is 24.2 Å². The lowest BCUT2D eigenvalue weighted by Gasteiger charge is -2.26. The standard InChI is InChI=1S/C14H20Cl2N2/c1-3-17-9-10-4-5-18(2)14(10)11-6-12(15)8-13(16)7-11/h6-8,10,14,17H,3-5,9H2,1-2H3. The van der Waals surface area contributed by atoms with Crippen LogP contribution in [0, 0.1) is 5.92 Å². The predicted molar refractivity (Wildman–Crippen MR) is 78.5 cm³/mol. The van der Waals surface area contributed by atoms with Crippen LogP contribution < -0.4 is 5.32 Å². The molecule has 2 nitrogen and oxygen atoms in total. The highest BCUT2D eigenvalue weighted by Gasteiger charge is 2.32. The number of nitrogens with one attached hydrogen (secondary N) is 1. The molecule has 0 aromatic heterocycles. The summed E-state index contributed by atoms with van der Waals surface area (Å²) in [4.78, 5) is 2.39. The van der Waals surface area contributed by atoms with Gasteiger partial charge in [0.05, 0.1) is 0 Å². The Hall–Kier alpha value is -0.280. The van der Waals surface area contributed by atoms with E-state index < -0.39 is 0 Å². The SMILES string of the molecule is CCNCC1CCN(C)C1c1cc(Cl)cc(Cl)c1. The largest absolute Gasteiger partial charge is 0.317 e. The lowest BCUT2D eigenvalue weighted by atomic mass is 9.93. The summed E-state index contributed by atoms with van der Waals surface area (Å²) in [6, 6.07) is 6.29. The van der Waals surface area contributed by atoms with Crippen molar-refractivity contribution in [2.24, 2.45) is 5.92 Å². The molecule has 0 radical (unpaired) electrons. The third-order valence-electron chi connectivity index (χ3n) is 3.66. The van der Waals surface area contributed by atoms with Crippen molar-refractivity contribution < 1.29 is 0 Å². The van der Waals surface area contributed by atoms with E-state index in [1.807, 2.05) is 12.1 Å². The molecular formula is C14H20Cl2N2. The molecule has 2 unspecified atom stereocenters. The van der Waals surface area contributed by atoms with Crippen molar-refractivity contribution in [1.82, 2.24) is 10.2 Å². The van der Waals surface area contributed by atoms with Crippen molar-refractivity contribution in [2.45, 2.75) is 19.4 Å². The van der Waals surface area contributed by atoms with Crippen LogP contribution in [0.15, 0.2) is 18.2 Å². The average molecular weight is 287 g/mol. The van der Waals surface area contributed by atoms with Crippen LogP contribution in [0.1, 0.15) is 24.9 Å². The Balaban J connectivity index is 2.22. The first-order chi connectivity index (χ1) is 8.61. The van der Waals surface area contributed by atoms with E-state index in [1.165, 1.54) is 12.0 Å². The molecule has 0 saturated carbocycles. The zero-order valence-electron chi connectivity index (χ0n) is 10.9. The van der Waals surface area contributed by atoms with Gasteiger partial charge >= 0.3 is 0 Å². The van der Waals surface area contributed by atoms with E-state index in [1.54, 1.807) is 6.07 Å². The van der Waals surface area contributed by atoms with E-state index in [9.17, 15) is 0 Å². The van der Waals surface area contributed by atoms with Gasteiger partial charge in [0.15, 0.2) is 0 Å². The first-order valence-corrected chi connectivity index (χ1v) is 7.24. The zero-order chi connectivity index (χ0) is 13.1. The Morgan fingerprint density at radius 3 is 2.56 bits per heavy atom. The van der Waals surface area contributed by atoms with Gasteiger partial charge in [-0.25, -0.2) is 0 Å². The molecule has 0 amide bonds. The second-order valence-electron chi connectivity index (χ2n) is 4.98. The maximum atomic E-state index is 6.11. The molecule has 1 N–H and O–H groups in total. The van der Waals surface area contributed by atoms with E-state index in [0.717, 1.165) is 29.7 Å². The fraction of sp³-hybridized carbons (Fsp3) is 0.571. The van der Waals surface area contributed by atoms with E-state index >= 15 is 0 Å². The highest BCUT2D eigenvalue weighted by atomic mass is 35.5. The summed E-state index contributed by atoms with van der Waals surface area (Å²) in [6.07, 6.45) is 1.22. The van der Waals surface area contributed by atoms with E-state index in [-0.39, 0.29) is 0 Å². The molecule has 1 aromatic rings. The Kier molecular flexibility index (Phi) is 4.91. The molecule has 18 heavy (non-hydrogen) atoms. The Labute approximate surface area is 119 Å². The fourth-order valence-electron chi connectivity index (χ4n) is 2.84. The summed E-state index contributed by atoms with van der Waals surface area (Å²) >= 11 is 12.2. The van der Waals surface area contributed by atoms with Gasteiger partial charge in [0.2, 0.25) is 0 Å². The van der Waals surface area contributed by atoms with Crippen LogP contribution in [0.25, 0.3) is 0 Å². The minimum atomic E-state index is 0.417. The second-order valence-corrected chi connectivity index (χ2v) is 5.86. The summed E-state index contributed by atoms with van der Waals surface area (Å²) in [6.45, 7) is 5.34. The molecule has 4 heteroatoms. The smallest absolute Gasteiger partial charge is 0.0424 e. The minimum Gasteiger partial charge on any atom is -0.317 e. The second kappa shape index (κ2) is 6.25. The summed E-state index contributed by atoms with van der Waals surface area (Å²) < 4.78 is 0. The van der Waals surface area contributed by atoms with Crippen LogP contribution in [0.5, 0.6) is 0 Å². The monoisotopic (exact) mass is 286 g/mol. The normalized spacial score (nSPS) is 24.7. The van der Waals surface area contributed by atoms with Crippen molar-refractivity contribution in [3.63, 3.8) is 0 Å². The molecule has 2 atom stereocenters. The Bertz CT molecular complexity index is 389. The van der Waals surface area contributed by atoms with Crippen LogP contribution >= 0.6 is 23.2 Å². The number of hydrogen-bond acceptors (Lipinski definition) is 2. The Morgan fingerprint density at radius 1 is 1.28 bits per heavy atom. The highest BCUT2D eigenvalue weighted by Crippen LogP contribution is 2.37. The molecule has 1 aromatic carbocycles. The molecule has 1 aliphatic heterocycles. The molecule has 100 valence electrons. The molecule has 1 aliphatic rings. The van der Waals surface area contributed by atoms with Crippen LogP contribution in [0.2, 0.25) is 10.0 Å². The van der Waals surface area contributed by atoms with Crippen molar-refractivity contribution in [1.29, 1.82) is 0 Å². The van der Waals surface area contributed by atoms with Gasteiger partial charge in [-0.3, -0.25) is 4.90 Å². The third-order valence-corrected chi connectivity index (χ3v) is 4.09. The molecule has 0 aliphatic carbocycles. The van der Waals surface area contributed by atoms with Gasteiger partial charge in [-0.05, 0) is 62.8 Å². The number of benzene rings is 1. The number of hydrogen-bond donors (Lipinski definition) is 1. The van der Waals surface area contributed by atoms with Crippen LogP contribution in [0.3, 0.4) is 0 Å². The molecule has 0 bridgehead atoms. The maximum Gasteiger partial charge on any atom is 0.0424 e. The van der Waals surface area contributed by atoms with Gasteiger partial charge in [-0.2, -0.15) is 0 Å². The molecule has 1 saturated heterocycles. The fourth-order valence-corrected chi connectivity index (χ4v) is 3.39. The molecular weight excluding hydrogens is 267 g/mol. The van der Waals surface area contributed by atoms with Crippen molar-refractivity contribution in [3.05, 3.63) is 33.8 Å². The van der Waals surface area contributed by atoms with Crippen molar-refractivity contribution >= 4 is 23.2 Å². The van der Waals surface area contributed by atoms with Gasteiger partial charge in [-0.15, -0.1) is 0 Å². The maximum absolute atomic E-state index is 6.11. The van der Waals surface area contributed by atoms with Crippen molar-refractivity contribution in [2.75, 3.05) is 26.7 Å². The van der Waals surface area contributed by atoms with Gasteiger partial charge < -0.3 is 5.32 Å². The van der Waals surface area contributed by atoms with Gasteiger partial charge in [-0.1, -0.05) is 30.1 Å². The summed E-state index contributed by atoms with van der Waals surface area (Å²) in [5.41, 5.74) is 1.23. The zero-order valence-corrected chi connectivity index (χ0v) is 12.4. The third kappa shape index (κ3) is 3.18. The summed E-state index contributed by atoms with van der Waals surface area (Å²) in [5, 5.41) is 4.89. The first-order valence-electron chi connectivity index (χ1n) is 6.48. The number of halogens is 2. The lowest BCUT2D eigenvalue weighted by Crippen LogP contribution is -2.28. The van der Waals surface area contributed by atoms with E-state index in [0.29, 0.717) is 12.0 Å². The minimum absolute atomic E-state index is 0.417. The lowest BCUT2D eigenvalue weighted by molar-refractivity contribution is 0.273. The summed E-state index contributed by atoms with van der Waals surface area (Å²) in [7, 11) is 2.17. The topological polar surface area (TPSA) is 15.3 Å². The predicted octanol–water partition coefficient (Wildman–Crippen LogP) is 3.60. The van der Waals surface area contributed by atoms with Crippen LogP contribution in [0.4, 0.5) is 0 Å². The average Bonchev–Trinajstić information content (AvgIpc) is 2.66. The molecule has 0 spiro atoms. The van der Waals surface area contributed by atoms with Crippen LogP contribution in [-0.2, 0) is 0 Å². The number of likely N-dealkylation sites (tertiary alicyclic amines) is 1. The quantitative estimate of drug-likeness (QED) is 0.910. The molecule has 2 rings (SSSR count). The van der Waals surface area contributed by atoms with E-state index in [4.69, 9.17) is 23.2 Å². The summed E-state index contributed by atoms with van der Waals surface area (Å²) in [5.74, 6) is 0.629. The van der Waals surface area contributed by atoms with Gasteiger partial charge in [0, 0.05) is 16.1 Å². The number of nitrogens with zero attached hydrogens (tertiary/aromatic N) is 1. The Morgan fingerprint density at radius 2 is 1.94 bits per heavy atom. The number of rotatable bonds is 4. The molecule has 1 heterocycles. The first kappa shape index (κ1) is 14.1. The van der Waals surface area contributed by atoms with Crippen molar-refractivity contribution in [3.8, 4) is 0 Å². The van der Waals surface area contributed by atoms with Gasteiger partial charge in [0.25, 0.3) is 0 Å². The molecule has 1 fully saturated rings. The van der Waals surface area contributed by atoms with Crippen LogP contribution in [-0.4, -0.2) is 31.6 Å².